The number of nitrogens with zero attached hydrogens (tertiary/aromatic N) is 2. The molecule has 0 amide bonds. The van der Waals surface area contributed by atoms with Crippen LogP contribution in [0.5, 0.6) is 0 Å². The summed E-state index contributed by atoms with van der Waals surface area (Å²) in [7, 11) is 0. The summed E-state index contributed by atoms with van der Waals surface area (Å²) < 4.78 is 2.05. The molecule has 2 aromatic carbocycles. The lowest BCUT2D eigenvalue weighted by atomic mass is 10.2. The summed E-state index contributed by atoms with van der Waals surface area (Å²) in [6.07, 6.45) is 0. The maximum atomic E-state index is 4.69. The van der Waals surface area contributed by atoms with Gasteiger partial charge in [-0.15, -0.1) is 0 Å². The molecule has 17 heavy (non-hydrogen) atoms. The minimum absolute atomic E-state index is 0.877. The molecule has 0 saturated carbocycles. The van der Waals surface area contributed by atoms with Crippen LogP contribution in [0.3, 0.4) is 0 Å². The van der Waals surface area contributed by atoms with E-state index >= 15 is 0 Å². The Hall–Kier alpha value is -1.61. The van der Waals surface area contributed by atoms with Crippen molar-refractivity contribution in [2.45, 2.75) is 11.8 Å². The molecule has 1 aliphatic heterocycles. The summed E-state index contributed by atoms with van der Waals surface area (Å²) in [5.41, 5.74) is 3.53. The first-order valence-electron chi connectivity index (χ1n) is 5.61. The monoisotopic (exact) mass is 241 g/mol. The van der Waals surface area contributed by atoms with Gasteiger partial charge in [-0.25, -0.2) is 0 Å². The summed E-state index contributed by atoms with van der Waals surface area (Å²) in [5.74, 6) is 0.877. The Bertz CT molecular complexity index is 576. The van der Waals surface area contributed by atoms with Gasteiger partial charge >= 0.3 is 0 Å². The van der Waals surface area contributed by atoms with Crippen molar-refractivity contribution in [3.63, 3.8) is 0 Å². The van der Waals surface area contributed by atoms with E-state index in [1.54, 1.807) is 0 Å². The molecule has 0 atom stereocenters. The van der Waals surface area contributed by atoms with Gasteiger partial charge in [0.1, 0.15) is 5.69 Å². The topological polar surface area (TPSA) is 15.4 Å². The van der Waals surface area contributed by atoms with Crippen molar-refractivity contribution in [3.05, 3.63) is 54.1 Å². The van der Waals surface area contributed by atoms with Gasteiger partial charge in [-0.3, -0.25) is 0 Å². The third-order valence-corrected chi connectivity index (χ3v) is 4.00. The van der Waals surface area contributed by atoms with Crippen molar-refractivity contribution in [1.29, 1.82) is 0 Å². The van der Waals surface area contributed by atoms with Crippen LogP contribution in [0.25, 0.3) is 0 Å². The van der Waals surface area contributed by atoms with E-state index in [-0.39, 0.29) is 0 Å². The van der Waals surface area contributed by atoms with Gasteiger partial charge in [0.15, 0.2) is 0 Å². The molecule has 2 aromatic rings. The molecule has 2 nitrogen and oxygen atoms in total. The third-order valence-electron chi connectivity index (χ3n) is 2.80. The predicted octanol–water partition coefficient (Wildman–Crippen LogP) is 4.49. The van der Waals surface area contributed by atoms with Crippen LogP contribution >= 0.6 is 11.8 Å². The van der Waals surface area contributed by atoms with Crippen molar-refractivity contribution >= 4 is 23.1 Å². The highest BCUT2D eigenvalue weighted by molar-refractivity contribution is 7.99. The zero-order valence-electron chi connectivity index (χ0n) is 9.63. The van der Waals surface area contributed by atoms with Crippen molar-refractivity contribution in [2.75, 3.05) is 5.88 Å². The molecule has 84 valence electrons. The van der Waals surface area contributed by atoms with Gasteiger partial charge < -0.3 is 0 Å². The van der Waals surface area contributed by atoms with Crippen LogP contribution in [0.1, 0.15) is 5.56 Å². The number of hydrogen-bond donors (Lipinski definition) is 0. The SMILES string of the molecule is Cc1cccc2c1SC[N+](c1ccccc1)=N2. The van der Waals surface area contributed by atoms with Crippen LogP contribution in [0.4, 0.5) is 11.4 Å². The molecule has 0 aliphatic carbocycles. The molecule has 0 unspecified atom stereocenters. The maximum Gasteiger partial charge on any atom is 0.232 e. The molecule has 0 fully saturated rings. The maximum absolute atomic E-state index is 4.69. The second-order valence-corrected chi connectivity index (χ2v) is 4.99. The molecular formula is C14H13N2S+. The Labute approximate surface area is 105 Å². The highest BCUT2D eigenvalue weighted by atomic mass is 32.2. The Balaban J connectivity index is 2.07. The largest absolute Gasteiger partial charge is 0.232 e. The lowest BCUT2D eigenvalue weighted by molar-refractivity contribution is -0.488. The summed E-state index contributed by atoms with van der Waals surface area (Å²) in [5, 5.41) is 4.69. The molecular weight excluding hydrogens is 228 g/mol. The quantitative estimate of drug-likeness (QED) is 0.672. The van der Waals surface area contributed by atoms with E-state index in [2.05, 4.69) is 42.4 Å². The number of thioether (sulfide) groups is 1. The first-order chi connectivity index (χ1) is 8.34. The average Bonchev–Trinajstić information content (AvgIpc) is 2.40. The zero-order valence-corrected chi connectivity index (χ0v) is 10.4. The highest BCUT2D eigenvalue weighted by Gasteiger charge is 2.21. The van der Waals surface area contributed by atoms with Crippen LogP contribution in [-0.4, -0.2) is 10.6 Å². The molecule has 0 spiro atoms. The molecule has 0 bridgehead atoms. The van der Waals surface area contributed by atoms with Gasteiger partial charge in [0.2, 0.25) is 11.6 Å². The lowest BCUT2D eigenvalue weighted by Gasteiger charge is -2.11. The van der Waals surface area contributed by atoms with E-state index in [1.165, 1.54) is 10.5 Å². The number of azo groups is 2. The fourth-order valence-corrected chi connectivity index (χ4v) is 2.93. The second kappa shape index (κ2) is 4.34. The first kappa shape index (κ1) is 10.5. The number of rotatable bonds is 1. The molecule has 0 radical (unpaired) electrons. The van der Waals surface area contributed by atoms with Gasteiger partial charge in [0, 0.05) is 22.1 Å². The molecule has 3 rings (SSSR count). The van der Waals surface area contributed by atoms with Crippen molar-refractivity contribution in [2.24, 2.45) is 5.11 Å². The van der Waals surface area contributed by atoms with Crippen LogP contribution in [0.2, 0.25) is 0 Å². The Morgan fingerprint density at radius 2 is 1.88 bits per heavy atom. The average molecular weight is 241 g/mol. The van der Waals surface area contributed by atoms with E-state index in [0.29, 0.717) is 0 Å². The molecule has 0 aromatic heterocycles. The predicted molar refractivity (Wildman–Crippen MR) is 70.4 cm³/mol. The number of aryl methyl sites for hydroxylation is 1. The summed E-state index contributed by atoms with van der Waals surface area (Å²) in [6, 6.07) is 16.6. The summed E-state index contributed by atoms with van der Waals surface area (Å²) in [4.78, 5) is 1.31. The third kappa shape index (κ3) is 1.98. The summed E-state index contributed by atoms with van der Waals surface area (Å²) in [6.45, 7) is 2.14. The van der Waals surface area contributed by atoms with E-state index in [9.17, 15) is 0 Å². The van der Waals surface area contributed by atoms with Crippen molar-refractivity contribution in [3.8, 4) is 0 Å². The van der Waals surface area contributed by atoms with Crippen molar-refractivity contribution < 1.29 is 4.70 Å². The van der Waals surface area contributed by atoms with Crippen LogP contribution in [0, 0.1) is 6.92 Å². The van der Waals surface area contributed by atoms with Gasteiger partial charge in [-0.1, -0.05) is 46.8 Å². The summed E-state index contributed by atoms with van der Waals surface area (Å²) >= 11 is 1.85. The van der Waals surface area contributed by atoms with Crippen molar-refractivity contribution in [1.82, 2.24) is 0 Å². The number of fused-ring (bicyclic) bond motifs is 1. The van der Waals surface area contributed by atoms with Gasteiger partial charge in [-0.05, 0) is 18.6 Å². The van der Waals surface area contributed by atoms with Crippen LogP contribution in [0.15, 0.2) is 58.5 Å². The number of para-hydroxylation sites is 1. The van der Waals surface area contributed by atoms with E-state index in [0.717, 1.165) is 17.3 Å². The van der Waals surface area contributed by atoms with Crippen LogP contribution < -0.4 is 0 Å². The standard InChI is InChI=1S/C14H13N2S/c1-11-6-5-9-13-14(11)17-10-16(15-13)12-7-3-2-4-8-12/h2-9H,10H2,1H3/q+1. The first-order valence-corrected chi connectivity index (χ1v) is 6.60. The smallest absolute Gasteiger partial charge is 0.0737 e. The Morgan fingerprint density at radius 1 is 1.06 bits per heavy atom. The second-order valence-electron chi connectivity index (χ2n) is 4.03. The fourth-order valence-electron chi connectivity index (χ4n) is 1.92. The number of benzene rings is 2. The lowest BCUT2D eigenvalue weighted by Crippen LogP contribution is -2.05. The normalized spacial score (nSPS) is 14.1. The van der Waals surface area contributed by atoms with E-state index < -0.39 is 0 Å². The minimum atomic E-state index is 0.877. The Kier molecular flexibility index (Phi) is 2.69. The minimum Gasteiger partial charge on any atom is -0.0737 e. The zero-order chi connectivity index (χ0) is 11.7. The van der Waals surface area contributed by atoms with E-state index in [4.69, 9.17) is 0 Å². The molecule has 3 heteroatoms. The highest BCUT2D eigenvalue weighted by Crippen LogP contribution is 2.37. The molecule has 0 saturated heterocycles. The van der Waals surface area contributed by atoms with E-state index in [1.807, 2.05) is 34.7 Å². The fraction of sp³-hybridized carbons (Fsp3) is 0.143. The van der Waals surface area contributed by atoms with Gasteiger partial charge in [0.25, 0.3) is 0 Å². The molecule has 1 aliphatic rings. The van der Waals surface area contributed by atoms with Crippen LogP contribution in [-0.2, 0) is 0 Å². The molecule has 1 heterocycles. The Morgan fingerprint density at radius 3 is 2.71 bits per heavy atom. The van der Waals surface area contributed by atoms with Gasteiger partial charge in [-0.2, -0.15) is 0 Å². The number of hydrogen-bond acceptors (Lipinski definition) is 2. The molecule has 0 N–H and O–H groups in total. The van der Waals surface area contributed by atoms with Gasteiger partial charge in [0.05, 0.1) is 0 Å².